The monoisotopic (exact) mass is 506 g/mol. The summed E-state index contributed by atoms with van der Waals surface area (Å²) in [6.07, 6.45) is 2.10. The Kier molecular flexibility index (Phi) is 7.83. The van der Waals surface area contributed by atoms with E-state index >= 15 is 0 Å². The second-order valence-corrected chi connectivity index (χ2v) is 10.8. The molecule has 0 aliphatic carbocycles. The minimum absolute atomic E-state index is 0.136. The van der Waals surface area contributed by atoms with Crippen molar-refractivity contribution in [1.82, 2.24) is 14.7 Å². The van der Waals surface area contributed by atoms with Gasteiger partial charge < -0.3 is 10.0 Å². The van der Waals surface area contributed by atoms with Crippen molar-refractivity contribution < 1.29 is 13.5 Å². The molecule has 4 aromatic rings. The quantitative estimate of drug-likeness (QED) is 0.355. The lowest BCUT2D eigenvalue weighted by Gasteiger charge is -2.24. The molecule has 9 heteroatoms. The summed E-state index contributed by atoms with van der Waals surface area (Å²) in [6.45, 7) is 1.50. The first-order chi connectivity index (χ1) is 17.2. The Labute approximate surface area is 211 Å². The Hall–Kier alpha value is -3.53. The van der Waals surface area contributed by atoms with E-state index in [4.69, 9.17) is 0 Å². The second kappa shape index (κ2) is 11.0. The van der Waals surface area contributed by atoms with Gasteiger partial charge in [0, 0.05) is 18.5 Å². The van der Waals surface area contributed by atoms with Crippen LogP contribution in [-0.2, 0) is 23.1 Å². The third-order valence-corrected chi connectivity index (χ3v) is 7.22. The van der Waals surface area contributed by atoms with E-state index < -0.39 is 16.1 Å². The lowest BCUT2D eigenvalue weighted by atomic mass is 10.1. The van der Waals surface area contributed by atoms with Gasteiger partial charge in [0.2, 0.25) is 10.0 Å². The van der Waals surface area contributed by atoms with Crippen LogP contribution in [0.4, 0.5) is 5.69 Å². The van der Waals surface area contributed by atoms with Gasteiger partial charge >= 0.3 is 0 Å². The van der Waals surface area contributed by atoms with Crippen LogP contribution in [0.15, 0.2) is 89.9 Å². The number of benzene rings is 3. The van der Waals surface area contributed by atoms with E-state index in [1.165, 1.54) is 15.2 Å². The number of hydrogen-bond acceptors (Lipinski definition) is 6. The smallest absolute Gasteiger partial charge is 0.274 e. The molecule has 1 atom stereocenters. The molecular weight excluding hydrogens is 476 g/mol. The lowest BCUT2D eigenvalue weighted by Crippen LogP contribution is -2.32. The van der Waals surface area contributed by atoms with Crippen LogP contribution in [0.5, 0.6) is 0 Å². The number of fused-ring (bicyclic) bond motifs is 1. The van der Waals surface area contributed by atoms with Crippen LogP contribution in [0, 0.1) is 0 Å². The van der Waals surface area contributed by atoms with E-state index in [-0.39, 0.29) is 12.1 Å². The third kappa shape index (κ3) is 6.17. The van der Waals surface area contributed by atoms with E-state index in [1.807, 2.05) is 60.5 Å². The van der Waals surface area contributed by atoms with Gasteiger partial charge in [-0.1, -0.05) is 60.7 Å². The third-order valence-electron chi connectivity index (χ3n) is 6.08. The van der Waals surface area contributed by atoms with Gasteiger partial charge in [-0.2, -0.15) is 5.10 Å². The molecule has 0 radical (unpaired) electrons. The fourth-order valence-electron chi connectivity index (χ4n) is 4.06. The average Bonchev–Trinajstić information content (AvgIpc) is 2.87. The van der Waals surface area contributed by atoms with Gasteiger partial charge in [-0.25, -0.2) is 13.1 Å². The zero-order chi connectivity index (χ0) is 25.7. The van der Waals surface area contributed by atoms with E-state index in [2.05, 4.69) is 5.10 Å². The highest BCUT2D eigenvalue weighted by Gasteiger charge is 2.19. The van der Waals surface area contributed by atoms with Gasteiger partial charge in [0.25, 0.3) is 5.56 Å². The number of anilines is 1. The maximum absolute atomic E-state index is 12.6. The normalized spacial score (nSPS) is 12.7. The summed E-state index contributed by atoms with van der Waals surface area (Å²) in [5.41, 5.74) is 1.96. The second-order valence-electron chi connectivity index (χ2n) is 8.88. The van der Waals surface area contributed by atoms with Crippen LogP contribution in [-0.4, -0.2) is 54.6 Å². The molecule has 3 aromatic carbocycles. The zero-order valence-corrected chi connectivity index (χ0v) is 21.2. The summed E-state index contributed by atoms with van der Waals surface area (Å²) >= 11 is 0. The molecule has 0 bridgehead atoms. The molecule has 36 heavy (non-hydrogen) atoms. The number of aliphatic hydroxyl groups excluding tert-OH is 1. The first kappa shape index (κ1) is 25.6. The number of nitrogens with zero attached hydrogens (tertiary/aromatic N) is 4. The summed E-state index contributed by atoms with van der Waals surface area (Å²) < 4.78 is 27.6. The van der Waals surface area contributed by atoms with Crippen molar-refractivity contribution >= 4 is 26.5 Å². The molecule has 0 fully saturated rings. The summed E-state index contributed by atoms with van der Waals surface area (Å²) in [4.78, 5) is 14.6. The van der Waals surface area contributed by atoms with Gasteiger partial charge in [0.1, 0.15) is 0 Å². The van der Waals surface area contributed by atoms with Gasteiger partial charge in [-0.05, 0) is 36.4 Å². The minimum atomic E-state index is -3.49. The molecule has 1 heterocycles. The van der Waals surface area contributed by atoms with Crippen molar-refractivity contribution in [2.45, 2.75) is 19.2 Å². The molecule has 188 valence electrons. The zero-order valence-electron chi connectivity index (χ0n) is 20.4. The SMILES string of the molecule is CN(CCn1ncc2ccccc2c1=O)CC(O)c1ccc(N(Cc2ccccc2)S(C)(=O)=O)cc1. The fourth-order valence-corrected chi connectivity index (χ4v) is 4.94. The maximum atomic E-state index is 12.6. The van der Waals surface area contributed by atoms with Crippen LogP contribution in [0.3, 0.4) is 0 Å². The summed E-state index contributed by atoms with van der Waals surface area (Å²) in [5, 5.41) is 16.4. The van der Waals surface area contributed by atoms with Crippen molar-refractivity contribution in [2.24, 2.45) is 0 Å². The number of rotatable bonds is 10. The Morgan fingerprint density at radius 2 is 1.64 bits per heavy atom. The predicted molar refractivity (Wildman–Crippen MR) is 142 cm³/mol. The van der Waals surface area contributed by atoms with E-state index in [0.29, 0.717) is 36.3 Å². The number of hydrogen-bond donors (Lipinski definition) is 1. The molecule has 0 saturated carbocycles. The standard InChI is InChI=1S/C27H30N4O4S/c1-29(16-17-30-27(33)25-11-7-6-10-23(25)18-28-30)20-26(32)22-12-14-24(15-13-22)31(36(2,34)35)19-21-8-4-3-5-9-21/h3-15,18,26,32H,16-17,19-20H2,1-2H3. The highest BCUT2D eigenvalue weighted by molar-refractivity contribution is 7.92. The van der Waals surface area contributed by atoms with Crippen molar-refractivity contribution in [1.29, 1.82) is 0 Å². The molecule has 0 spiro atoms. The van der Waals surface area contributed by atoms with Crippen molar-refractivity contribution in [3.63, 3.8) is 0 Å². The molecule has 8 nitrogen and oxygen atoms in total. The Balaban J connectivity index is 1.39. The van der Waals surface area contributed by atoms with Crippen molar-refractivity contribution in [3.8, 4) is 0 Å². The van der Waals surface area contributed by atoms with Crippen molar-refractivity contribution in [3.05, 3.63) is 107 Å². The summed E-state index contributed by atoms with van der Waals surface area (Å²) in [6, 6.07) is 23.7. The van der Waals surface area contributed by atoms with Crippen LogP contribution < -0.4 is 9.86 Å². The molecular formula is C27H30N4O4S. The summed E-state index contributed by atoms with van der Waals surface area (Å²) in [7, 11) is -1.62. The first-order valence-electron chi connectivity index (χ1n) is 11.7. The van der Waals surface area contributed by atoms with Gasteiger partial charge in [0.05, 0.1) is 42.7 Å². The van der Waals surface area contributed by atoms with Gasteiger partial charge in [0.15, 0.2) is 0 Å². The van der Waals surface area contributed by atoms with Crippen LogP contribution >= 0.6 is 0 Å². The van der Waals surface area contributed by atoms with Gasteiger partial charge in [-0.15, -0.1) is 0 Å². The fraction of sp³-hybridized carbons (Fsp3) is 0.259. The highest BCUT2D eigenvalue weighted by atomic mass is 32.2. The van der Waals surface area contributed by atoms with Crippen LogP contribution in [0.2, 0.25) is 0 Å². The molecule has 0 aliphatic rings. The maximum Gasteiger partial charge on any atom is 0.274 e. The molecule has 0 aliphatic heterocycles. The van der Waals surface area contributed by atoms with E-state index in [1.54, 1.807) is 36.5 Å². The number of aliphatic hydroxyl groups is 1. The number of likely N-dealkylation sites (N-methyl/N-ethyl adjacent to an activating group) is 1. The Bertz CT molecular complexity index is 1470. The van der Waals surface area contributed by atoms with Gasteiger partial charge in [-0.3, -0.25) is 9.10 Å². The molecule has 0 amide bonds. The minimum Gasteiger partial charge on any atom is -0.387 e. The topological polar surface area (TPSA) is 95.7 Å². The predicted octanol–water partition coefficient (Wildman–Crippen LogP) is 3.03. The molecule has 1 unspecified atom stereocenters. The molecule has 0 saturated heterocycles. The Morgan fingerprint density at radius 3 is 2.33 bits per heavy atom. The van der Waals surface area contributed by atoms with Crippen LogP contribution in [0.25, 0.3) is 10.8 Å². The summed E-state index contributed by atoms with van der Waals surface area (Å²) in [5.74, 6) is 0. The molecule has 4 rings (SSSR count). The van der Waals surface area contributed by atoms with E-state index in [0.717, 1.165) is 10.9 Å². The van der Waals surface area contributed by atoms with Crippen molar-refractivity contribution in [2.75, 3.05) is 30.7 Å². The molecule has 1 aromatic heterocycles. The first-order valence-corrected chi connectivity index (χ1v) is 13.5. The lowest BCUT2D eigenvalue weighted by molar-refractivity contribution is 0.124. The molecule has 1 N–H and O–H groups in total. The Morgan fingerprint density at radius 1 is 0.972 bits per heavy atom. The number of aromatic nitrogens is 2. The van der Waals surface area contributed by atoms with Crippen LogP contribution in [0.1, 0.15) is 17.2 Å². The average molecular weight is 507 g/mol. The number of sulfonamides is 1. The highest BCUT2D eigenvalue weighted by Crippen LogP contribution is 2.24. The largest absolute Gasteiger partial charge is 0.387 e. The van der Waals surface area contributed by atoms with E-state index in [9.17, 15) is 18.3 Å².